The maximum atomic E-state index is 12.9. The second-order valence-electron chi connectivity index (χ2n) is 12.3. The van der Waals surface area contributed by atoms with Crippen LogP contribution in [0.4, 0.5) is 0 Å². The molecule has 0 radical (unpaired) electrons. The van der Waals surface area contributed by atoms with E-state index in [1.54, 1.807) is 0 Å². The molecule has 0 aliphatic carbocycles. The van der Waals surface area contributed by atoms with Gasteiger partial charge in [-0.15, -0.1) is 0 Å². The fourth-order valence-electron chi connectivity index (χ4n) is 6.86. The molecule has 2 fully saturated rings. The van der Waals surface area contributed by atoms with Gasteiger partial charge in [0.2, 0.25) is 0 Å². The van der Waals surface area contributed by atoms with Crippen molar-refractivity contribution in [3.05, 3.63) is 11.1 Å². The molecule has 0 saturated carbocycles. The molecule has 0 aromatic carbocycles. The van der Waals surface area contributed by atoms with Gasteiger partial charge >= 0.3 is 11.9 Å². The van der Waals surface area contributed by atoms with E-state index in [9.17, 15) is 19.8 Å². The van der Waals surface area contributed by atoms with E-state index in [0.717, 1.165) is 25.7 Å². The van der Waals surface area contributed by atoms with Crippen molar-refractivity contribution in [1.29, 1.82) is 0 Å². The summed E-state index contributed by atoms with van der Waals surface area (Å²) in [5.74, 6) is -2.83. The zero-order valence-corrected chi connectivity index (χ0v) is 23.3. The highest BCUT2D eigenvalue weighted by molar-refractivity contribution is 5.99. The predicted molar refractivity (Wildman–Crippen MR) is 138 cm³/mol. The fraction of sp³-hybridized carbons (Fsp3) is 0.857. The summed E-state index contributed by atoms with van der Waals surface area (Å²) in [4.78, 5) is 25.9. The standard InChI is InChI=1S/C28H50N2O4/c1-11-25(7)15-19(17(5)27(9,13-3)29-25)21(23(31)32)22(24(33)34)20-16-26(8,12-2)30-28(10,14-4)18(20)6/h17-20,29-30H,11-16H2,1-10H3,(H,31,32)(H,33,34)/b22-21+. The van der Waals surface area contributed by atoms with Crippen LogP contribution in [0.5, 0.6) is 0 Å². The number of carboxylic acid groups (broad SMARTS) is 2. The van der Waals surface area contributed by atoms with Crippen molar-refractivity contribution >= 4 is 11.9 Å². The molecular weight excluding hydrogens is 428 g/mol. The lowest BCUT2D eigenvalue weighted by atomic mass is 9.59. The molecule has 0 aromatic rings. The van der Waals surface area contributed by atoms with Crippen LogP contribution in [-0.2, 0) is 9.59 Å². The number of hydrogen-bond acceptors (Lipinski definition) is 4. The van der Waals surface area contributed by atoms with E-state index in [-0.39, 0.29) is 57.0 Å². The van der Waals surface area contributed by atoms with Gasteiger partial charge in [-0.25, -0.2) is 9.59 Å². The minimum Gasteiger partial charge on any atom is -0.478 e. The molecule has 34 heavy (non-hydrogen) atoms. The third-order valence-corrected chi connectivity index (χ3v) is 10.3. The third-order valence-electron chi connectivity index (χ3n) is 10.3. The van der Waals surface area contributed by atoms with Crippen molar-refractivity contribution in [3.8, 4) is 0 Å². The molecule has 6 heteroatoms. The summed E-state index contributed by atoms with van der Waals surface area (Å²) in [6.45, 7) is 21.3. The van der Waals surface area contributed by atoms with Crippen LogP contribution in [0.3, 0.4) is 0 Å². The number of hydrogen-bond donors (Lipinski definition) is 4. The number of rotatable bonds is 8. The zero-order valence-electron chi connectivity index (χ0n) is 23.3. The van der Waals surface area contributed by atoms with E-state index in [0.29, 0.717) is 12.8 Å². The number of aliphatic carboxylic acids is 2. The Labute approximate surface area is 207 Å². The van der Waals surface area contributed by atoms with Crippen LogP contribution < -0.4 is 10.6 Å². The lowest BCUT2D eigenvalue weighted by Gasteiger charge is -2.55. The number of carbonyl (C=O) groups is 2. The SMILES string of the molecule is CCC1(C)CC(/C(C(=O)O)=C(\C(=O)O)C2CC(C)(CC)NC(C)(CC)C2C)C(C)C(C)(CC)N1. The van der Waals surface area contributed by atoms with Crippen LogP contribution >= 0.6 is 0 Å². The Morgan fingerprint density at radius 1 is 0.676 bits per heavy atom. The van der Waals surface area contributed by atoms with Crippen LogP contribution in [0.1, 0.15) is 108 Å². The van der Waals surface area contributed by atoms with Gasteiger partial charge in [-0.05, 0) is 89.9 Å². The molecule has 0 bridgehead atoms. The highest BCUT2D eigenvalue weighted by Gasteiger charge is 2.53. The first-order valence-electron chi connectivity index (χ1n) is 13.3. The second-order valence-corrected chi connectivity index (χ2v) is 12.3. The molecule has 6 nitrogen and oxygen atoms in total. The van der Waals surface area contributed by atoms with E-state index in [1.807, 2.05) is 0 Å². The summed E-state index contributed by atoms with van der Waals surface area (Å²) in [5, 5.41) is 28.8. The van der Waals surface area contributed by atoms with E-state index < -0.39 is 11.9 Å². The zero-order chi connectivity index (χ0) is 26.3. The molecule has 0 spiro atoms. The first kappa shape index (κ1) is 28.8. The largest absolute Gasteiger partial charge is 0.478 e. The van der Waals surface area contributed by atoms with Gasteiger partial charge in [0.1, 0.15) is 0 Å². The normalized spacial score (nSPS) is 43.8. The Morgan fingerprint density at radius 2 is 0.971 bits per heavy atom. The Bertz CT molecular complexity index is 759. The highest BCUT2D eigenvalue weighted by Crippen LogP contribution is 2.49. The lowest BCUT2D eigenvalue weighted by Crippen LogP contribution is -2.65. The average Bonchev–Trinajstić information content (AvgIpc) is 2.77. The molecule has 2 heterocycles. The van der Waals surface area contributed by atoms with Crippen molar-refractivity contribution < 1.29 is 19.8 Å². The van der Waals surface area contributed by atoms with Gasteiger partial charge in [-0.1, -0.05) is 41.5 Å². The van der Waals surface area contributed by atoms with Crippen LogP contribution in [0.15, 0.2) is 11.1 Å². The fourth-order valence-corrected chi connectivity index (χ4v) is 6.86. The second kappa shape index (κ2) is 9.93. The first-order valence-corrected chi connectivity index (χ1v) is 13.3. The van der Waals surface area contributed by atoms with Gasteiger partial charge in [0.15, 0.2) is 0 Å². The summed E-state index contributed by atoms with van der Waals surface area (Å²) >= 11 is 0. The molecule has 196 valence electrons. The van der Waals surface area contributed by atoms with E-state index in [1.165, 1.54) is 0 Å². The predicted octanol–water partition coefficient (Wildman–Crippen LogP) is 5.62. The van der Waals surface area contributed by atoms with Gasteiger partial charge in [-0.3, -0.25) is 0 Å². The Kier molecular flexibility index (Phi) is 8.42. The summed E-state index contributed by atoms with van der Waals surface area (Å²) in [6, 6.07) is 0. The molecule has 2 aliphatic heterocycles. The van der Waals surface area contributed by atoms with Crippen molar-refractivity contribution in [2.24, 2.45) is 23.7 Å². The van der Waals surface area contributed by atoms with E-state index >= 15 is 0 Å². The molecular formula is C28H50N2O4. The summed E-state index contributed by atoms with van der Waals surface area (Å²) < 4.78 is 0. The van der Waals surface area contributed by atoms with Crippen LogP contribution in [0, 0.1) is 23.7 Å². The molecule has 2 saturated heterocycles. The third kappa shape index (κ3) is 5.09. The van der Waals surface area contributed by atoms with Gasteiger partial charge < -0.3 is 20.8 Å². The molecule has 0 amide bonds. The summed E-state index contributed by atoms with van der Waals surface area (Å²) in [7, 11) is 0. The van der Waals surface area contributed by atoms with Crippen LogP contribution in [0.25, 0.3) is 0 Å². The van der Waals surface area contributed by atoms with Crippen molar-refractivity contribution in [3.63, 3.8) is 0 Å². The summed E-state index contributed by atoms with van der Waals surface area (Å²) in [6.07, 6.45) is 4.64. The molecule has 4 N–H and O–H groups in total. The van der Waals surface area contributed by atoms with Crippen molar-refractivity contribution in [1.82, 2.24) is 10.6 Å². The quantitative estimate of drug-likeness (QED) is 0.338. The maximum Gasteiger partial charge on any atom is 0.332 e. The lowest BCUT2D eigenvalue weighted by molar-refractivity contribution is -0.138. The topological polar surface area (TPSA) is 98.7 Å². The maximum absolute atomic E-state index is 12.9. The monoisotopic (exact) mass is 478 g/mol. The number of nitrogens with one attached hydrogen (secondary N) is 2. The molecule has 0 aromatic heterocycles. The number of carboxylic acids is 2. The first-order chi connectivity index (χ1) is 15.6. The average molecular weight is 479 g/mol. The van der Waals surface area contributed by atoms with E-state index in [4.69, 9.17) is 0 Å². The van der Waals surface area contributed by atoms with E-state index in [2.05, 4.69) is 79.9 Å². The van der Waals surface area contributed by atoms with Gasteiger partial charge in [0.05, 0.1) is 11.1 Å². The highest BCUT2D eigenvalue weighted by atomic mass is 16.4. The summed E-state index contributed by atoms with van der Waals surface area (Å²) in [5.41, 5.74) is -0.766. The molecule has 2 rings (SSSR count). The Balaban J connectivity index is 2.80. The van der Waals surface area contributed by atoms with Gasteiger partial charge in [0.25, 0.3) is 0 Å². The number of piperidine rings is 2. The molecule has 8 atom stereocenters. The Hall–Kier alpha value is -1.40. The minimum absolute atomic E-state index is 0.00952. The van der Waals surface area contributed by atoms with Crippen LogP contribution in [0.2, 0.25) is 0 Å². The molecule has 2 aliphatic rings. The van der Waals surface area contributed by atoms with Crippen molar-refractivity contribution in [2.75, 3.05) is 0 Å². The van der Waals surface area contributed by atoms with Crippen LogP contribution in [-0.4, -0.2) is 44.3 Å². The smallest absolute Gasteiger partial charge is 0.332 e. The molecule has 8 unspecified atom stereocenters. The minimum atomic E-state index is -1.07. The van der Waals surface area contributed by atoms with Crippen molar-refractivity contribution in [2.45, 2.75) is 130 Å². The van der Waals surface area contributed by atoms with Gasteiger partial charge in [-0.2, -0.15) is 0 Å². The van der Waals surface area contributed by atoms with Gasteiger partial charge in [0, 0.05) is 22.2 Å². The Morgan fingerprint density at radius 3 is 1.18 bits per heavy atom.